The molecule has 1 aliphatic carbocycles. The van der Waals surface area contributed by atoms with Gasteiger partial charge in [0, 0.05) is 45.6 Å². The lowest BCUT2D eigenvalue weighted by Crippen LogP contribution is -2.44. The Kier molecular flexibility index (Phi) is 25.6. The molecule has 5 aliphatic rings. The van der Waals surface area contributed by atoms with Crippen LogP contribution in [0.1, 0.15) is 239 Å². The van der Waals surface area contributed by atoms with Crippen molar-refractivity contribution in [1.82, 2.24) is 19.9 Å². The second kappa shape index (κ2) is 36.6. The van der Waals surface area contributed by atoms with E-state index in [0.29, 0.717) is 47.7 Å². The normalized spacial score (nSPS) is 16.5. The quantitative estimate of drug-likeness (QED) is 0.0925. The van der Waals surface area contributed by atoms with Crippen LogP contribution in [-0.4, -0.2) is 50.6 Å². The van der Waals surface area contributed by atoms with Crippen molar-refractivity contribution in [1.29, 1.82) is 0 Å². The first-order valence-corrected chi connectivity index (χ1v) is 45.2. The van der Waals surface area contributed by atoms with E-state index in [0.717, 1.165) is 22.8 Å². The van der Waals surface area contributed by atoms with Crippen LogP contribution in [0.25, 0.3) is 22.3 Å². The van der Waals surface area contributed by atoms with Gasteiger partial charge in [-0.3, -0.25) is 19.9 Å². The topological polar surface area (TPSA) is 77.5 Å². The van der Waals surface area contributed by atoms with Crippen molar-refractivity contribution in [3.63, 3.8) is 0 Å². The summed E-state index contributed by atoms with van der Waals surface area (Å²) in [5, 5.41) is 0. The van der Waals surface area contributed by atoms with Crippen molar-refractivity contribution >= 4 is 85.3 Å². The first-order chi connectivity index (χ1) is 59.2. The number of nitrogens with zero attached hydrogens (tertiary/aromatic N) is 12. The predicted octanol–water partition coefficient (Wildman–Crippen LogP) is 30.4. The van der Waals surface area contributed by atoms with E-state index in [1.165, 1.54) is 178 Å². The van der Waals surface area contributed by atoms with E-state index < -0.39 is 0 Å². The molecule has 123 heavy (non-hydrogen) atoms. The molecule has 4 aromatic heterocycles. The molecule has 12 heteroatoms. The largest absolute Gasteiger partial charge is 0.346 e. The zero-order valence-electron chi connectivity index (χ0n) is 76.9. The molecule has 0 radical (unpaired) electrons. The summed E-state index contributed by atoms with van der Waals surface area (Å²) in [6.07, 6.45) is 14.3. The van der Waals surface area contributed by atoms with Gasteiger partial charge in [0.1, 0.15) is 24.7 Å². The highest BCUT2D eigenvalue weighted by atomic mass is 15.5. The van der Waals surface area contributed by atoms with Gasteiger partial charge in [-0.05, 0) is 246 Å². The Balaban J connectivity index is 0.000000129. The smallest absolute Gasteiger partial charge is 0.108 e. The molecule has 0 N–H and O–H groups in total. The lowest BCUT2D eigenvalue weighted by molar-refractivity contribution is 0.554. The van der Waals surface area contributed by atoms with E-state index in [-0.39, 0.29) is 18.5 Å². The number of fused-ring (bicyclic) bond motifs is 4. The minimum Gasteiger partial charge on any atom is -0.346 e. The average Bonchev–Trinajstić information content (AvgIpc) is 1.61. The molecule has 0 bridgehead atoms. The van der Waals surface area contributed by atoms with Gasteiger partial charge in [0.15, 0.2) is 0 Å². The third-order valence-electron chi connectivity index (χ3n) is 25.9. The van der Waals surface area contributed by atoms with E-state index in [1.807, 2.05) is 6.20 Å². The molecular weight excluding hydrogens is 1500 g/mol. The van der Waals surface area contributed by atoms with Gasteiger partial charge in [-0.1, -0.05) is 260 Å². The summed E-state index contributed by atoms with van der Waals surface area (Å²) in [6, 6.07) is 86.3. The lowest BCUT2D eigenvalue weighted by atomic mass is 9.91. The van der Waals surface area contributed by atoms with Gasteiger partial charge < -0.3 is 39.2 Å². The standard InChI is InChI=1S/C35H33N3.C29H37N3.C25H29N3.C22H29N3/c1-24(2)31-22-25(3)34(23-36-31)37-26(4)38(33-21-12-11-20-32(33)37)35-29(27-14-7-5-8-15-27)18-13-19-30(35)28-16-9-6-10-17-28;1-18(2)23-12-11-13-24(19(3)4)29(23)32-22(8)31(26-14-9-10-15-27(26)32)28-17-30-25(20(5)6)16-21(28)7;1-16(2)21-14-19(5)24(15-26-21)27-20(6)28(23-13-8-7-12-22(23)27)25-17(3)10-9-11-18(25)4;1-15(2)19-13-16(3)22(14-23-19)25-17(4)24(18-9-5-6-10-18)20-11-7-8-12-21(20)25/h5-24,26H,1-4H3;9-20,22H,1-8H3;7-16,20H,1-6H3;7-8,11-15,17-18H,5-6,9-10H2,1-4H3/t26-;22-;20-;17-/m0001/s1. The number of rotatable bonds is 16. The number of hydrogen-bond acceptors (Lipinski definition) is 12. The number of para-hydroxylation sites is 11. The second-order valence-corrected chi connectivity index (χ2v) is 36.4. The first-order valence-electron chi connectivity index (χ1n) is 45.2. The molecular formula is C111H128N12. The van der Waals surface area contributed by atoms with Gasteiger partial charge in [0.05, 0.1) is 104 Å². The van der Waals surface area contributed by atoms with Crippen LogP contribution in [0, 0.1) is 41.5 Å². The van der Waals surface area contributed by atoms with Crippen LogP contribution >= 0.6 is 0 Å². The number of aromatic nitrogens is 4. The molecule has 0 unspecified atom stereocenters. The Labute approximate surface area is 735 Å². The zero-order valence-corrected chi connectivity index (χ0v) is 76.9. The van der Waals surface area contributed by atoms with Crippen LogP contribution in [0.2, 0.25) is 0 Å². The van der Waals surface area contributed by atoms with E-state index in [1.54, 1.807) is 0 Å². The fourth-order valence-corrected chi connectivity index (χ4v) is 19.5. The van der Waals surface area contributed by atoms with E-state index >= 15 is 0 Å². The van der Waals surface area contributed by atoms with Gasteiger partial charge in [-0.2, -0.15) is 0 Å². The average molecular weight is 1630 g/mol. The monoisotopic (exact) mass is 1630 g/mol. The van der Waals surface area contributed by atoms with Gasteiger partial charge >= 0.3 is 0 Å². The van der Waals surface area contributed by atoms with Crippen LogP contribution in [0.5, 0.6) is 0 Å². The highest BCUT2D eigenvalue weighted by Crippen LogP contribution is 2.57. The van der Waals surface area contributed by atoms with Gasteiger partial charge in [-0.25, -0.2) is 0 Å². The molecule has 18 rings (SSSR count). The molecule has 1 fully saturated rings. The number of anilines is 15. The van der Waals surface area contributed by atoms with Crippen LogP contribution in [0.3, 0.4) is 0 Å². The second-order valence-electron chi connectivity index (χ2n) is 36.4. The Morgan fingerprint density at radius 2 is 0.512 bits per heavy atom. The van der Waals surface area contributed by atoms with E-state index in [4.69, 9.17) is 19.9 Å². The Bertz CT molecular complexity index is 5780. The molecule has 12 nitrogen and oxygen atoms in total. The summed E-state index contributed by atoms with van der Waals surface area (Å²) in [5.41, 5.74) is 38.7. The summed E-state index contributed by atoms with van der Waals surface area (Å²) in [6.45, 7) is 49.2. The van der Waals surface area contributed by atoms with E-state index in [2.05, 4.69) is 447 Å². The first kappa shape index (κ1) is 85.9. The van der Waals surface area contributed by atoms with Gasteiger partial charge in [-0.15, -0.1) is 0 Å². The summed E-state index contributed by atoms with van der Waals surface area (Å²) in [7, 11) is 0. The molecule has 13 aromatic rings. The Morgan fingerprint density at radius 1 is 0.244 bits per heavy atom. The number of benzene rings is 9. The maximum absolute atomic E-state index is 4.86. The maximum Gasteiger partial charge on any atom is 0.108 e. The van der Waals surface area contributed by atoms with Gasteiger partial charge in [0.2, 0.25) is 0 Å². The molecule has 0 saturated heterocycles. The molecule has 9 aromatic carbocycles. The van der Waals surface area contributed by atoms with Crippen molar-refractivity contribution in [3.8, 4) is 22.3 Å². The summed E-state index contributed by atoms with van der Waals surface area (Å²) < 4.78 is 0. The zero-order chi connectivity index (χ0) is 86.9. The molecule has 0 amide bonds. The molecule has 4 atom stereocenters. The van der Waals surface area contributed by atoms with Crippen molar-refractivity contribution in [2.24, 2.45) is 0 Å². The van der Waals surface area contributed by atoms with Crippen LogP contribution in [0.4, 0.5) is 85.3 Å². The SMILES string of the molecule is Cc1cc(C(C)C)ncc1N1c2ccccc2N(C2CCCC2)[C@H]1C.Cc1cc(C(C)C)ncc1N1c2ccccc2N(c2c(-c3ccccc3)cccc2-c2ccccc2)[C@H]1C.Cc1cc(C(C)C)ncc1N1c2ccccc2N(c2c(C(C)C)cccc2C(C)C)[C@H]1C.Cc1cc(C(C)C)ncc1N1c2ccccc2N(c2c(C)cccc2C)[C@H]1C. The molecule has 0 spiro atoms. The van der Waals surface area contributed by atoms with E-state index in [9.17, 15) is 0 Å². The molecule has 4 aliphatic heterocycles. The predicted molar refractivity (Wildman–Crippen MR) is 523 cm³/mol. The van der Waals surface area contributed by atoms with Crippen molar-refractivity contribution in [3.05, 3.63) is 329 Å². The summed E-state index contributed by atoms with van der Waals surface area (Å²) in [5.74, 6) is 2.62. The summed E-state index contributed by atoms with van der Waals surface area (Å²) >= 11 is 0. The van der Waals surface area contributed by atoms with Crippen molar-refractivity contribution < 1.29 is 0 Å². The molecule has 632 valence electrons. The van der Waals surface area contributed by atoms with Crippen LogP contribution < -0.4 is 39.2 Å². The summed E-state index contributed by atoms with van der Waals surface area (Å²) in [4.78, 5) is 39.2. The highest BCUT2D eigenvalue weighted by molar-refractivity contribution is 6.00. The van der Waals surface area contributed by atoms with Crippen LogP contribution in [0.15, 0.2) is 261 Å². The van der Waals surface area contributed by atoms with Crippen LogP contribution in [-0.2, 0) is 0 Å². The number of aryl methyl sites for hydroxylation is 6. The third kappa shape index (κ3) is 16.7. The Hall–Kier alpha value is -12.0. The van der Waals surface area contributed by atoms with Crippen molar-refractivity contribution in [2.75, 3.05) is 39.2 Å². The minimum absolute atomic E-state index is 0.0464. The van der Waals surface area contributed by atoms with Gasteiger partial charge in [0.25, 0.3) is 0 Å². The molecule has 8 heterocycles. The fourth-order valence-electron chi connectivity index (χ4n) is 19.5. The minimum atomic E-state index is 0.0464. The highest BCUT2D eigenvalue weighted by Gasteiger charge is 2.43. The molecule has 1 saturated carbocycles. The van der Waals surface area contributed by atoms with Crippen molar-refractivity contribution in [2.45, 2.75) is 244 Å². The maximum atomic E-state index is 4.86. The number of pyridine rings is 4. The number of hydrogen-bond donors (Lipinski definition) is 0. The third-order valence-corrected chi connectivity index (χ3v) is 25.9. The lowest BCUT2D eigenvalue weighted by Gasteiger charge is -2.35. The fraction of sp³-hybridized carbons (Fsp3) is 0.333. The Morgan fingerprint density at radius 3 is 0.829 bits per heavy atom.